The van der Waals surface area contributed by atoms with E-state index >= 15 is 0 Å². The van der Waals surface area contributed by atoms with Crippen LogP contribution in [0.25, 0.3) is 0 Å². The molecule has 6 nitrogen and oxygen atoms in total. The average molecular weight is 273 g/mol. The van der Waals surface area contributed by atoms with Gasteiger partial charge >= 0.3 is 0 Å². The van der Waals surface area contributed by atoms with E-state index in [9.17, 15) is 23.7 Å². The molecule has 1 aromatic rings. The minimum Gasteiger partial charge on any atom is -0.320 e. The van der Waals surface area contributed by atoms with E-state index in [1.807, 2.05) is 5.32 Å². The number of nitrogens with two attached hydrogens (primary N) is 1. The summed E-state index contributed by atoms with van der Waals surface area (Å²) in [6.07, 6.45) is 0. The maximum absolute atomic E-state index is 13.5. The van der Waals surface area contributed by atoms with Gasteiger partial charge in [-0.2, -0.15) is 0 Å². The maximum atomic E-state index is 13.5. The van der Waals surface area contributed by atoms with E-state index in [-0.39, 0.29) is 5.92 Å². The van der Waals surface area contributed by atoms with Gasteiger partial charge in [-0.25, -0.2) is 8.78 Å². The van der Waals surface area contributed by atoms with Crippen LogP contribution in [0.4, 0.5) is 20.2 Å². The molecule has 0 fully saturated rings. The number of benzene rings is 1. The van der Waals surface area contributed by atoms with Gasteiger partial charge in [0.2, 0.25) is 5.91 Å². The van der Waals surface area contributed by atoms with E-state index in [4.69, 9.17) is 5.73 Å². The lowest BCUT2D eigenvalue weighted by atomic mass is 10.0. The molecule has 0 bridgehead atoms. The van der Waals surface area contributed by atoms with Crippen LogP contribution in [-0.4, -0.2) is 16.9 Å². The Balaban J connectivity index is 3.16. The molecule has 1 atom stereocenters. The van der Waals surface area contributed by atoms with Crippen molar-refractivity contribution in [2.24, 2.45) is 11.7 Å². The summed E-state index contributed by atoms with van der Waals surface area (Å²) in [7, 11) is 0. The highest BCUT2D eigenvalue weighted by atomic mass is 19.2. The summed E-state index contributed by atoms with van der Waals surface area (Å²) in [5.41, 5.74) is 3.98. The Hall–Kier alpha value is -2.09. The van der Waals surface area contributed by atoms with Gasteiger partial charge in [0.25, 0.3) is 5.69 Å². The van der Waals surface area contributed by atoms with Crippen LogP contribution in [-0.2, 0) is 4.79 Å². The smallest absolute Gasteiger partial charge is 0.296 e. The third-order valence-electron chi connectivity index (χ3n) is 2.54. The molecule has 8 heteroatoms. The van der Waals surface area contributed by atoms with Crippen molar-refractivity contribution in [3.63, 3.8) is 0 Å². The lowest BCUT2D eigenvalue weighted by Gasteiger charge is -2.15. The van der Waals surface area contributed by atoms with Crippen LogP contribution < -0.4 is 11.1 Å². The molecule has 0 aromatic heterocycles. The Morgan fingerprint density at radius 3 is 2.47 bits per heavy atom. The number of nitro benzene ring substituents is 1. The van der Waals surface area contributed by atoms with Gasteiger partial charge in [-0.3, -0.25) is 14.9 Å². The monoisotopic (exact) mass is 273 g/mol. The molecule has 0 heterocycles. The lowest BCUT2D eigenvalue weighted by Crippen LogP contribution is -2.40. The Labute approximate surface area is 107 Å². The summed E-state index contributed by atoms with van der Waals surface area (Å²) in [5.74, 6) is -3.85. The highest BCUT2D eigenvalue weighted by molar-refractivity contribution is 5.96. The van der Waals surface area contributed by atoms with Crippen molar-refractivity contribution >= 4 is 17.3 Å². The lowest BCUT2D eigenvalue weighted by molar-refractivity contribution is -0.384. The summed E-state index contributed by atoms with van der Waals surface area (Å²) in [4.78, 5) is 21.4. The van der Waals surface area contributed by atoms with Gasteiger partial charge < -0.3 is 11.1 Å². The normalized spacial score (nSPS) is 12.3. The molecule has 104 valence electrons. The van der Waals surface area contributed by atoms with Crippen molar-refractivity contribution in [1.82, 2.24) is 0 Å². The number of nitrogens with one attached hydrogen (secondary N) is 1. The van der Waals surface area contributed by atoms with Crippen LogP contribution in [0.1, 0.15) is 13.8 Å². The quantitative estimate of drug-likeness (QED) is 0.645. The van der Waals surface area contributed by atoms with Gasteiger partial charge in [0.15, 0.2) is 17.3 Å². The largest absolute Gasteiger partial charge is 0.320 e. The third kappa shape index (κ3) is 3.22. The molecule has 0 spiro atoms. The molecule has 0 radical (unpaired) electrons. The van der Waals surface area contributed by atoms with Crippen LogP contribution >= 0.6 is 0 Å². The van der Waals surface area contributed by atoms with Crippen LogP contribution in [0.15, 0.2) is 12.1 Å². The van der Waals surface area contributed by atoms with E-state index in [0.717, 1.165) is 6.07 Å². The van der Waals surface area contributed by atoms with E-state index in [2.05, 4.69) is 0 Å². The number of hydrogen-bond donors (Lipinski definition) is 2. The first-order chi connectivity index (χ1) is 8.75. The molecule has 0 saturated carbocycles. The van der Waals surface area contributed by atoms with Crippen LogP contribution in [0.5, 0.6) is 0 Å². The van der Waals surface area contributed by atoms with Crippen molar-refractivity contribution in [2.45, 2.75) is 19.9 Å². The Bertz CT molecular complexity index is 520. The number of nitrogens with zero attached hydrogens (tertiary/aromatic N) is 1. The van der Waals surface area contributed by atoms with Crippen LogP contribution in [0, 0.1) is 27.7 Å². The van der Waals surface area contributed by atoms with Crippen molar-refractivity contribution < 1.29 is 18.5 Å². The van der Waals surface area contributed by atoms with Gasteiger partial charge in [0.1, 0.15) is 0 Å². The minimum atomic E-state index is -1.49. The minimum absolute atomic E-state index is 0.254. The number of halogens is 2. The van der Waals surface area contributed by atoms with Crippen LogP contribution in [0.3, 0.4) is 0 Å². The first-order valence-corrected chi connectivity index (χ1v) is 5.44. The number of rotatable bonds is 4. The van der Waals surface area contributed by atoms with E-state index in [1.54, 1.807) is 13.8 Å². The average Bonchev–Trinajstić information content (AvgIpc) is 2.33. The van der Waals surface area contributed by atoms with Crippen molar-refractivity contribution in [3.8, 4) is 0 Å². The first-order valence-electron chi connectivity index (χ1n) is 5.44. The van der Waals surface area contributed by atoms with Gasteiger partial charge in [-0.1, -0.05) is 13.8 Å². The highest BCUT2D eigenvalue weighted by Crippen LogP contribution is 2.29. The fraction of sp³-hybridized carbons (Fsp3) is 0.364. The molecule has 1 amide bonds. The molecule has 1 rings (SSSR count). The van der Waals surface area contributed by atoms with Crippen molar-refractivity contribution in [2.75, 3.05) is 5.32 Å². The Morgan fingerprint density at radius 1 is 1.42 bits per heavy atom. The standard InChI is InChI=1S/C11H13F2N3O3/c1-5(2)9(14)11(17)15-10-7(16(18)19)4-3-6(12)8(10)13/h3-5,9H,14H2,1-2H3,(H,15,17)/t9-/m0/s1. The summed E-state index contributed by atoms with van der Waals surface area (Å²) in [5, 5.41) is 12.7. The van der Waals surface area contributed by atoms with E-state index in [0.29, 0.717) is 6.07 Å². The zero-order chi connectivity index (χ0) is 14.7. The first kappa shape index (κ1) is 15.0. The molecule has 0 unspecified atom stereocenters. The number of nitro groups is 1. The molecule has 0 aliphatic rings. The molecule has 19 heavy (non-hydrogen) atoms. The Kier molecular flexibility index (Phi) is 4.49. The highest BCUT2D eigenvalue weighted by Gasteiger charge is 2.26. The number of hydrogen-bond acceptors (Lipinski definition) is 4. The molecular formula is C11H13F2N3O3. The van der Waals surface area contributed by atoms with Crippen molar-refractivity contribution in [3.05, 3.63) is 33.9 Å². The predicted octanol–water partition coefficient (Wildman–Crippen LogP) is 1.79. The Morgan fingerprint density at radius 2 is 2.00 bits per heavy atom. The maximum Gasteiger partial charge on any atom is 0.296 e. The molecule has 1 aromatic carbocycles. The van der Waals surface area contributed by atoms with Crippen LogP contribution in [0.2, 0.25) is 0 Å². The summed E-state index contributed by atoms with van der Waals surface area (Å²) >= 11 is 0. The summed E-state index contributed by atoms with van der Waals surface area (Å²) in [6, 6.07) is 0.405. The third-order valence-corrected chi connectivity index (χ3v) is 2.54. The van der Waals surface area contributed by atoms with E-state index in [1.165, 1.54) is 0 Å². The molecular weight excluding hydrogens is 260 g/mol. The molecule has 0 aliphatic heterocycles. The zero-order valence-corrected chi connectivity index (χ0v) is 10.3. The number of carbonyl (C=O) groups excluding carboxylic acids is 1. The zero-order valence-electron chi connectivity index (χ0n) is 10.3. The van der Waals surface area contributed by atoms with Crippen molar-refractivity contribution in [1.29, 1.82) is 0 Å². The predicted molar refractivity (Wildman–Crippen MR) is 64.5 cm³/mol. The fourth-order valence-corrected chi connectivity index (χ4v) is 1.32. The van der Waals surface area contributed by atoms with Gasteiger partial charge in [0, 0.05) is 6.07 Å². The molecule has 3 N–H and O–H groups in total. The second-order valence-electron chi connectivity index (χ2n) is 4.27. The second kappa shape index (κ2) is 5.70. The topological polar surface area (TPSA) is 98.3 Å². The summed E-state index contributed by atoms with van der Waals surface area (Å²) in [6.45, 7) is 3.31. The summed E-state index contributed by atoms with van der Waals surface area (Å²) < 4.78 is 26.6. The number of amides is 1. The van der Waals surface area contributed by atoms with E-state index < -0.39 is 39.9 Å². The van der Waals surface area contributed by atoms with Gasteiger partial charge in [0.05, 0.1) is 11.0 Å². The van der Waals surface area contributed by atoms with Gasteiger partial charge in [-0.05, 0) is 12.0 Å². The second-order valence-corrected chi connectivity index (χ2v) is 4.27. The molecule has 0 saturated heterocycles. The fourth-order valence-electron chi connectivity index (χ4n) is 1.32. The number of anilines is 1. The molecule has 0 aliphatic carbocycles. The van der Waals surface area contributed by atoms with Gasteiger partial charge in [-0.15, -0.1) is 0 Å². The SMILES string of the molecule is CC(C)[C@H](N)C(=O)Nc1c([N+](=O)[O-])ccc(F)c1F. The number of carbonyl (C=O) groups is 1.